The number of nitrogens with two attached hydrogens (primary N) is 3. The highest BCUT2D eigenvalue weighted by Gasteiger charge is 2.10. The molecule has 0 aromatic heterocycles. The summed E-state index contributed by atoms with van der Waals surface area (Å²) >= 11 is 0. The second-order valence-corrected chi connectivity index (χ2v) is 4.47. The normalized spacial score (nSPS) is 10.1. The van der Waals surface area contributed by atoms with Gasteiger partial charge in [-0.15, -0.1) is 0 Å². The van der Waals surface area contributed by atoms with Gasteiger partial charge >= 0.3 is 0 Å². The minimum absolute atomic E-state index is 0.211. The molecule has 0 fully saturated rings. The van der Waals surface area contributed by atoms with E-state index in [2.05, 4.69) is 0 Å². The van der Waals surface area contributed by atoms with Gasteiger partial charge in [0.2, 0.25) is 5.91 Å². The van der Waals surface area contributed by atoms with Crippen molar-refractivity contribution in [3.05, 3.63) is 59.2 Å². The summed E-state index contributed by atoms with van der Waals surface area (Å²) in [6, 6.07) is 11.3. The molecule has 21 heavy (non-hydrogen) atoms. The van der Waals surface area contributed by atoms with E-state index in [0.717, 1.165) is 5.56 Å². The van der Waals surface area contributed by atoms with Gasteiger partial charge in [-0.05, 0) is 29.8 Å². The van der Waals surface area contributed by atoms with Crippen molar-refractivity contribution in [1.82, 2.24) is 0 Å². The zero-order valence-corrected chi connectivity index (χ0v) is 11.2. The summed E-state index contributed by atoms with van der Waals surface area (Å²) in [6.45, 7) is 0.211. The van der Waals surface area contributed by atoms with E-state index in [4.69, 9.17) is 21.9 Å². The Balaban J connectivity index is 2.14. The van der Waals surface area contributed by atoms with Crippen LogP contribution < -0.4 is 21.9 Å². The molecule has 108 valence electrons. The van der Waals surface area contributed by atoms with Crippen LogP contribution in [-0.2, 0) is 6.61 Å². The number of amides is 2. The standard InChI is InChI=1S/C15H15N3O3/c16-11-5-6-12(15(18)20)13(7-11)21-8-9-1-3-10(4-2-9)14(17)19/h1-7H,8,16H2,(H2,17,19)(H2,18,20). The highest BCUT2D eigenvalue weighted by atomic mass is 16.5. The first-order valence-electron chi connectivity index (χ1n) is 6.18. The number of carbonyl (C=O) groups excluding carboxylic acids is 2. The molecule has 2 amide bonds. The van der Waals surface area contributed by atoms with Crippen LogP contribution in [0.5, 0.6) is 5.75 Å². The maximum atomic E-state index is 11.3. The lowest BCUT2D eigenvalue weighted by Crippen LogP contribution is -2.13. The molecule has 0 aliphatic heterocycles. The first-order chi connectivity index (χ1) is 9.97. The summed E-state index contributed by atoms with van der Waals surface area (Å²) < 4.78 is 5.57. The molecule has 6 N–H and O–H groups in total. The molecule has 0 bridgehead atoms. The predicted octanol–water partition coefficient (Wildman–Crippen LogP) is 1.05. The van der Waals surface area contributed by atoms with E-state index in [1.165, 1.54) is 12.1 Å². The number of hydrogen-bond donors (Lipinski definition) is 3. The van der Waals surface area contributed by atoms with Crippen molar-refractivity contribution in [3.8, 4) is 5.75 Å². The molecule has 0 heterocycles. The maximum absolute atomic E-state index is 11.3. The fraction of sp³-hybridized carbons (Fsp3) is 0.0667. The summed E-state index contributed by atoms with van der Waals surface area (Å²) in [5.74, 6) is -0.759. The lowest BCUT2D eigenvalue weighted by atomic mass is 10.1. The number of ether oxygens (including phenoxy) is 1. The van der Waals surface area contributed by atoms with Crippen molar-refractivity contribution in [2.75, 3.05) is 5.73 Å². The van der Waals surface area contributed by atoms with Crippen molar-refractivity contribution in [1.29, 1.82) is 0 Å². The SMILES string of the molecule is NC(=O)c1ccc(COc2cc(N)ccc2C(N)=O)cc1. The van der Waals surface area contributed by atoms with Crippen LogP contribution in [0, 0.1) is 0 Å². The Morgan fingerprint density at radius 3 is 2.19 bits per heavy atom. The van der Waals surface area contributed by atoms with Crippen molar-refractivity contribution >= 4 is 17.5 Å². The second-order valence-electron chi connectivity index (χ2n) is 4.47. The van der Waals surface area contributed by atoms with E-state index >= 15 is 0 Å². The lowest BCUT2D eigenvalue weighted by molar-refractivity contribution is 0.0989. The third kappa shape index (κ3) is 3.50. The number of anilines is 1. The Morgan fingerprint density at radius 2 is 1.62 bits per heavy atom. The molecule has 0 atom stereocenters. The van der Waals surface area contributed by atoms with Gasteiger partial charge in [0.1, 0.15) is 12.4 Å². The largest absolute Gasteiger partial charge is 0.488 e. The van der Waals surface area contributed by atoms with Gasteiger partial charge in [0.05, 0.1) is 5.56 Å². The number of benzene rings is 2. The summed E-state index contributed by atoms with van der Waals surface area (Å²) in [5.41, 5.74) is 18.1. The molecular formula is C15H15N3O3. The molecular weight excluding hydrogens is 270 g/mol. The predicted molar refractivity (Wildman–Crippen MR) is 78.7 cm³/mol. The molecule has 0 radical (unpaired) electrons. The minimum atomic E-state index is -0.589. The van der Waals surface area contributed by atoms with Crippen LogP contribution in [0.25, 0.3) is 0 Å². The van der Waals surface area contributed by atoms with Gasteiger partial charge in [-0.2, -0.15) is 0 Å². The van der Waals surface area contributed by atoms with E-state index in [9.17, 15) is 9.59 Å². The monoisotopic (exact) mass is 285 g/mol. The van der Waals surface area contributed by atoms with Crippen molar-refractivity contribution < 1.29 is 14.3 Å². The van der Waals surface area contributed by atoms with Crippen LogP contribution in [-0.4, -0.2) is 11.8 Å². The van der Waals surface area contributed by atoms with Crippen molar-refractivity contribution in [2.45, 2.75) is 6.61 Å². The Labute approximate surface area is 121 Å². The van der Waals surface area contributed by atoms with Gasteiger partial charge < -0.3 is 21.9 Å². The Bertz CT molecular complexity index is 681. The third-order valence-corrected chi connectivity index (χ3v) is 2.90. The zero-order valence-electron chi connectivity index (χ0n) is 11.2. The van der Waals surface area contributed by atoms with Gasteiger partial charge in [-0.3, -0.25) is 9.59 Å². The van der Waals surface area contributed by atoms with Crippen LogP contribution in [0.4, 0.5) is 5.69 Å². The molecule has 0 aliphatic carbocycles. The number of carbonyl (C=O) groups is 2. The van der Waals surface area contributed by atoms with Crippen LogP contribution in [0.2, 0.25) is 0 Å². The Hall–Kier alpha value is -3.02. The van der Waals surface area contributed by atoms with Crippen LogP contribution in [0.15, 0.2) is 42.5 Å². The maximum Gasteiger partial charge on any atom is 0.252 e. The summed E-state index contributed by atoms with van der Waals surface area (Å²) in [4.78, 5) is 22.3. The average molecular weight is 285 g/mol. The molecule has 0 unspecified atom stereocenters. The van der Waals surface area contributed by atoms with Gasteiger partial charge in [0, 0.05) is 17.3 Å². The van der Waals surface area contributed by atoms with E-state index in [0.29, 0.717) is 17.0 Å². The molecule has 2 aromatic carbocycles. The van der Waals surface area contributed by atoms with Gasteiger partial charge in [0.25, 0.3) is 5.91 Å². The zero-order chi connectivity index (χ0) is 15.4. The smallest absolute Gasteiger partial charge is 0.252 e. The summed E-state index contributed by atoms with van der Waals surface area (Å²) in [5, 5.41) is 0. The van der Waals surface area contributed by atoms with Gasteiger partial charge in [-0.25, -0.2) is 0 Å². The lowest BCUT2D eigenvalue weighted by Gasteiger charge is -2.10. The number of nitrogen functional groups attached to an aromatic ring is 1. The van der Waals surface area contributed by atoms with Crippen molar-refractivity contribution in [3.63, 3.8) is 0 Å². The first kappa shape index (κ1) is 14.4. The molecule has 6 heteroatoms. The van der Waals surface area contributed by atoms with E-state index < -0.39 is 11.8 Å². The number of rotatable bonds is 5. The Kier molecular flexibility index (Phi) is 4.08. The van der Waals surface area contributed by atoms with Gasteiger partial charge in [-0.1, -0.05) is 12.1 Å². The molecule has 0 saturated carbocycles. The number of hydrogen-bond acceptors (Lipinski definition) is 4. The van der Waals surface area contributed by atoms with E-state index in [1.54, 1.807) is 30.3 Å². The highest BCUT2D eigenvalue weighted by Crippen LogP contribution is 2.22. The summed E-state index contributed by atoms with van der Waals surface area (Å²) in [6.07, 6.45) is 0. The minimum Gasteiger partial charge on any atom is -0.488 e. The number of primary amides is 2. The van der Waals surface area contributed by atoms with Crippen molar-refractivity contribution in [2.24, 2.45) is 11.5 Å². The molecule has 0 spiro atoms. The fourth-order valence-corrected chi connectivity index (χ4v) is 1.79. The third-order valence-electron chi connectivity index (χ3n) is 2.90. The van der Waals surface area contributed by atoms with Crippen LogP contribution in [0.1, 0.15) is 26.3 Å². The van der Waals surface area contributed by atoms with Gasteiger partial charge in [0.15, 0.2) is 0 Å². The molecule has 2 rings (SSSR count). The summed E-state index contributed by atoms with van der Waals surface area (Å²) in [7, 11) is 0. The first-order valence-corrected chi connectivity index (χ1v) is 6.18. The van der Waals surface area contributed by atoms with E-state index in [1.807, 2.05) is 0 Å². The topological polar surface area (TPSA) is 121 Å². The average Bonchev–Trinajstić information content (AvgIpc) is 2.45. The molecule has 0 aliphatic rings. The molecule has 6 nitrogen and oxygen atoms in total. The fourth-order valence-electron chi connectivity index (χ4n) is 1.79. The van der Waals surface area contributed by atoms with Crippen LogP contribution >= 0.6 is 0 Å². The quantitative estimate of drug-likeness (QED) is 0.710. The molecule has 0 saturated heterocycles. The van der Waals surface area contributed by atoms with E-state index in [-0.39, 0.29) is 12.2 Å². The second kappa shape index (κ2) is 5.96. The Morgan fingerprint density at radius 1 is 0.952 bits per heavy atom. The highest BCUT2D eigenvalue weighted by molar-refractivity contribution is 5.96. The molecule has 2 aromatic rings. The van der Waals surface area contributed by atoms with Crippen LogP contribution in [0.3, 0.4) is 0 Å².